The van der Waals surface area contributed by atoms with Crippen LogP contribution in [0.2, 0.25) is 0 Å². The smallest absolute Gasteiger partial charge is 0.255 e. The number of carbonyl (C=O) groups is 3. The minimum atomic E-state index is -0.548. The molecule has 2 aliphatic heterocycles. The summed E-state index contributed by atoms with van der Waals surface area (Å²) < 4.78 is 0. The van der Waals surface area contributed by atoms with Crippen LogP contribution < -0.4 is 10.6 Å². The summed E-state index contributed by atoms with van der Waals surface area (Å²) in [6, 6.07) is 6.01. The summed E-state index contributed by atoms with van der Waals surface area (Å²) in [7, 11) is 0. The lowest BCUT2D eigenvalue weighted by Crippen LogP contribution is -2.52. The maximum atomic E-state index is 12.7. The van der Waals surface area contributed by atoms with Crippen LogP contribution in [0.3, 0.4) is 0 Å². The van der Waals surface area contributed by atoms with Crippen LogP contribution in [0.25, 0.3) is 0 Å². The molecule has 0 radical (unpaired) electrons. The van der Waals surface area contributed by atoms with E-state index in [0.717, 1.165) is 18.0 Å². The van der Waals surface area contributed by atoms with Crippen LogP contribution in [0.1, 0.15) is 73.4 Å². The summed E-state index contributed by atoms with van der Waals surface area (Å²) in [4.78, 5) is 37.9. The predicted octanol–water partition coefficient (Wildman–Crippen LogP) is 2.51. The molecule has 3 amide bonds. The number of nitrogens with one attached hydrogen (secondary N) is 2. The Kier molecular flexibility index (Phi) is 5.49. The lowest BCUT2D eigenvalue weighted by atomic mass is 9.84. The Morgan fingerprint density at radius 3 is 2.61 bits per heavy atom. The average Bonchev–Trinajstić information content (AvgIpc) is 3.02. The van der Waals surface area contributed by atoms with Gasteiger partial charge in [0.15, 0.2) is 0 Å². The van der Waals surface area contributed by atoms with Crippen molar-refractivity contribution >= 4 is 17.7 Å². The maximum absolute atomic E-state index is 12.7. The molecule has 28 heavy (non-hydrogen) atoms. The number of hydrogen-bond acceptors (Lipinski definition) is 4. The molecule has 1 aliphatic carbocycles. The summed E-state index contributed by atoms with van der Waals surface area (Å²) in [6.07, 6.45) is 7.08. The van der Waals surface area contributed by atoms with Crippen LogP contribution in [-0.2, 0) is 22.7 Å². The second kappa shape index (κ2) is 8.03. The van der Waals surface area contributed by atoms with E-state index in [0.29, 0.717) is 24.6 Å². The molecule has 1 saturated carbocycles. The molecule has 1 aromatic rings. The number of nitrogens with zero attached hydrogens (tertiary/aromatic N) is 1. The monoisotopic (exact) mass is 383 g/mol. The average molecular weight is 383 g/mol. The molecule has 6 heteroatoms. The zero-order chi connectivity index (χ0) is 19.7. The fourth-order valence-corrected chi connectivity index (χ4v) is 4.77. The highest BCUT2D eigenvalue weighted by molar-refractivity contribution is 6.05. The van der Waals surface area contributed by atoms with Gasteiger partial charge in [0.05, 0.1) is 0 Å². The van der Waals surface area contributed by atoms with Crippen molar-refractivity contribution in [2.24, 2.45) is 5.92 Å². The lowest BCUT2D eigenvalue weighted by Gasteiger charge is -2.29. The predicted molar refractivity (Wildman–Crippen MR) is 105 cm³/mol. The third-order valence-corrected chi connectivity index (χ3v) is 6.61. The van der Waals surface area contributed by atoms with Gasteiger partial charge in [-0.15, -0.1) is 0 Å². The van der Waals surface area contributed by atoms with Gasteiger partial charge in [0, 0.05) is 31.1 Å². The Balaban J connectivity index is 1.37. The van der Waals surface area contributed by atoms with E-state index in [2.05, 4.69) is 23.6 Å². The molecule has 1 atom stereocenters. The number of benzene rings is 1. The van der Waals surface area contributed by atoms with E-state index in [1.165, 1.54) is 37.7 Å². The van der Waals surface area contributed by atoms with Crippen molar-refractivity contribution in [1.29, 1.82) is 0 Å². The Morgan fingerprint density at radius 2 is 1.89 bits per heavy atom. The summed E-state index contributed by atoms with van der Waals surface area (Å²) in [5, 5.41) is 6.02. The molecule has 6 nitrogen and oxygen atoms in total. The Labute approximate surface area is 166 Å². The molecule has 0 aromatic heterocycles. The molecular formula is C22H29N3O3. The quantitative estimate of drug-likeness (QED) is 0.766. The van der Waals surface area contributed by atoms with E-state index in [9.17, 15) is 14.4 Å². The zero-order valence-electron chi connectivity index (χ0n) is 16.5. The molecule has 1 saturated heterocycles. The van der Waals surface area contributed by atoms with Crippen LogP contribution in [0.15, 0.2) is 18.2 Å². The molecule has 4 rings (SSSR count). The van der Waals surface area contributed by atoms with Crippen LogP contribution in [0.5, 0.6) is 0 Å². The third kappa shape index (κ3) is 3.83. The van der Waals surface area contributed by atoms with Gasteiger partial charge in [0.25, 0.3) is 5.91 Å². The summed E-state index contributed by atoms with van der Waals surface area (Å²) in [5.74, 6) is 0.165. The first kappa shape index (κ1) is 19.1. The molecular weight excluding hydrogens is 354 g/mol. The van der Waals surface area contributed by atoms with E-state index in [1.807, 2.05) is 12.1 Å². The number of carbonyl (C=O) groups excluding carboxylic acids is 3. The molecule has 1 aromatic carbocycles. The van der Waals surface area contributed by atoms with E-state index < -0.39 is 6.04 Å². The standard InChI is InChI=1S/C22H29N3O3/c1-2-14-3-6-17(7-4-14)23-12-15-5-8-18-16(11-15)13-25(22(18)28)19-9-10-20(26)24-21(19)27/h5,8,11,14,17,19,23H,2-4,6-7,9-10,12-13H2,1H3,(H,24,26,27)/t14-,17-,19?. The number of imide groups is 1. The second-order valence-corrected chi connectivity index (χ2v) is 8.40. The van der Waals surface area contributed by atoms with E-state index in [1.54, 1.807) is 4.90 Å². The first-order valence-corrected chi connectivity index (χ1v) is 10.5. The molecule has 2 fully saturated rings. The highest BCUT2D eigenvalue weighted by Gasteiger charge is 2.39. The minimum absolute atomic E-state index is 0.109. The van der Waals surface area contributed by atoms with Crippen molar-refractivity contribution in [3.05, 3.63) is 34.9 Å². The highest BCUT2D eigenvalue weighted by atomic mass is 16.2. The van der Waals surface area contributed by atoms with Gasteiger partial charge in [0.2, 0.25) is 11.8 Å². The van der Waals surface area contributed by atoms with Crippen molar-refractivity contribution in [1.82, 2.24) is 15.5 Å². The summed E-state index contributed by atoms with van der Waals surface area (Å²) >= 11 is 0. The van der Waals surface area contributed by atoms with Crippen LogP contribution in [0.4, 0.5) is 0 Å². The molecule has 2 heterocycles. The van der Waals surface area contributed by atoms with Crippen LogP contribution in [-0.4, -0.2) is 34.7 Å². The second-order valence-electron chi connectivity index (χ2n) is 8.40. The van der Waals surface area contributed by atoms with Gasteiger partial charge in [-0.05, 0) is 55.2 Å². The van der Waals surface area contributed by atoms with Gasteiger partial charge in [-0.25, -0.2) is 0 Å². The molecule has 0 spiro atoms. The Bertz CT molecular complexity index is 783. The highest BCUT2D eigenvalue weighted by Crippen LogP contribution is 2.29. The lowest BCUT2D eigenvalue weighted by molar-refractivity contribution is -0.136. The maximum Gasteiger partial charge on any atom is 0.255 e. The van der Waals surface area contributed by atoms with E-state index in [4.69, 9.17) is 0 Å². The molecule has 1 unspecified atom stereocenters. The molecule has 3 aliphatic rings. The molecule has 150 valence electrons. The van der Waals surface area contributed by atoms with E-state index >= 15 is 0 Å². The fraction of sp³-hybridized carbons (Fsp3) is 0.591. The number of amides is 3. The van der Waals surface area contributed by atoms with Crippen molar-refractivity contribution < 1.29 is 14.4 Å². The number of rotatable bonds is 5. The number of piperidine rings is 1. The van der Waals surface area contributed by atoms with Gasteiger partial charge in [-0.2, -0.15) is 0 Å². The molecule has 2 N–H and O–H groups in total. The molecule has 0 bridgehead atoms. The van der Waals surface area contributed by atoms with Gasteiger partial charge in [-0.1, -0.05) is 25.5 Å². The number of fused-ring (bicyclic) bond motifs is 1. The van der Waals surface area contributed by atoms with Gasteiger partial charge < -0.3 is 10.2 Å². The van der Waals surface area contributed by atoms with Gasteiger partial charge in [0.1, 0.15) is 6.04 Å². The fourth-order valence-electron chi connectivity index (χ4n) is 4.77. The van der Waals surface area contributed by atoms with Gasteiger partial charge in [-0.3, -0.25) is 19.7 Å². The topological polar surface area (TPSA) is 78.5 Å². The van der Waals surface area contributed by atoms with Gasteiger partial charge >= 0.3 is 0 Å². The summed E-state index contributed by atoms with van der Waals surface area (Å²) in [5.41, 5.74) is 2.83. The van der Waals surface area contributed by atoms with Crippen LogP contribution in [0, 0.1) is 5.92 Å². The van der Waals surface area contributed by atoms with Crippen LogP contribution >= 0.6 is 0 Å². The SMILES string of the molecule is CC[C@H]1CC[C@H](NCc2ccc3c(c2)CN(C2CCC(=O)NC2=O)C3=O)CC1. The third-order valence-electron chi connectivity index (χ3n) is 6.61. The van der Waals surface area contributed by atoms with Crippen molar-refractivity contribution in [2.75, 3.05) is 0 Å². The zero-order valence-corrected chi connectivity index (χ0v) is 16.5. The van der Waals surface area contributed by atoms with Crippen molar-refractivity contribution in [2.45, 2.75) is 77.0 Å². The van der Waals surface area contributed by atoms with Crippen molar-refractivity contribution in [3.8, 4) is 0 Å². The Hall–Kier alpha value is -2.21. The number of hydrogen-bond donors (Lipinski definition) is 2. The normalized spacial score (nSPS) is 27.7. The summed E-state index contributed by atoms with van der Waals surface area (Å²) in [6.45, 7) is 3.53. The minimum Gasteiger partial charge on any atom is -0.322 e. The Morgan fingerprint density at radius 1 is 1.11 bits per heavy atom. The first-order valence-electron chi connectivity index (χ1n) is 10.5. The largest absolute Gasteiger partial charge is 0.322 e. The first-order chi connectivity index (χ1) is 13.5. The van der Waals surface area contributed by atoms with Crippen molar-refractivity contribution in [3.63, 3.8) is 0 Å². The van der Waals surface area contributed by atoms with E-state index in [-0.39, 0.29) is 24.1 Å².